The van der Waals surface area contributed by atoms with Gasteiger partial charge in [0, 0.05) is 18.7 Å². The number of rotatable bonds is 5. The molecule has 0 aliphatic heterocycles. The Morgan fingerprint density at radius 3 is 2.62 bits per heavy atom. The Hall–Kier alpha value is -1.88. The molecule has 1 aromatic rings. The van der Waals surface area contributed by atoms with Gasteiger partial charge in [0.05, 0.1) is 12.0 Å². The van der Waals surface area contributed by atoms with Crippen molar-refractivity contribution in [2.75, 3.05) is 7.11 Å². The maximum Gasteiger partial charge on any atom is 0.311 e. The first kappa shape index (κ1) is 15.5. The smallest absolute Gasteiger partial charge is 0.311 e. The van der Waals surface area contributed by atoms with E-state index in [0.29, 0.717) is 25.0 Å². The monoisotopic (exact) mass is 291 g/mol. The quantitative estimate of drug-likeness (QED) is 0.872. The number of ether oxygens (including phenoxy) is 1. The molecule has 0 bridgehead atoms. The van der Waals surface area contributed by atoms with E-state index in [-0.39, 0.29) is 11.9 Å². The van der Waals surface area contributed by atoms with Gasteiger partial charge in [0.15, 0.2) is 0 Å². The van der Waals surface area contributed by atoms with Crippen LogP contribution in [-0.4, -0.2) is 30.1 Å². The normalized spacial score (nSPS) is 24.8. The Kier molecular flexibility index (Phi) is 4.63. The van der Waals surface area contributed by atoms with Crippen molar-refractivity contribution in [1.82, 2.24) is 5.32 Å². The van der Waals surface area contributed by atoms with Gasteiger partial charge in [-0.15, -0.1) is 0 Å². The predicted molar refractivity (Wildman–Crippen MR) is 78.0 cm³/mol. The molecule has 1 fully saturated rings. The first-order valence-corrected chi connectivity index (χ1v) is 7.09. The van der Waals surface area contributed by atoms with Crippen LogP contribution in [0.5, 0.6) is 0 Å². The summed E-state index contributed by atoms with van der Waals surface area (Å²) in [4.78, 5) is 23.6. The standard InChI is InChI=1S/C16H21NO4/c1-16(15(19)20)9-3-4-13(16)17-14(18)12-7-5-11(6-8-12)10-21-2/h5-8,13H,3-4,9-10H2,1-2H3,(H,17,18)(H,19,20). The molecule has 0 aromatic heterocycles. The molecule has 0 heterocycles. The lowest BCUT2D eigenvalue weighted by molar-refractivity contribution is -0.148. The summed E-state index contributed by atoms with van der Waals surface area (Å²) in [6, 6.07) is 6.82. The maximum atomic E-state index is 12.2. The highest BCUT2D eigenvalue weighted by molar-refractivity contribution is 5.95. The lowest BCUT2D eigenvalue weighted by atomic mass is 9.85. The number of hydrogen-bond donors (Lipinski definition) is 2. The summed E-state index contributed by atoms with van der Waals surface area (Å²) in [6.45, 7) is 2.20. The summed E-state index contributed by atoms with van der Waals surface area (Å²) in [5, 5.41) is 12.2. The van der Waals surface area contributed by atoms with Gasteiger partial charge in [-0.05, 0) is 37.5 Å². The number of aliphatic carboxylic acids is 1. The van der Waals surface area contributed by atoms with Crippen LogP contribution in [-0.2, 0) is 16.1 Å². The van der Waals surface area contributed by atoms with Gasteiger partial charge in [-0.1, -0.05) is 18.6 Å². The number of nitrogens with one attached hydrogen (secondary N) is 1. The SMILES string of the molecule is COCc1ccc(C(=O)NC2CCCC2(C)C(=O)O)cc1. The minimum absolute atomic E-state index is 0.224. The highest BCUT2D eigenvalue weighted by Crippen LogP contribution is 2.38. The minimum atomic E-state index is -0.869. The molecule has 5 heteroatoms. The fourth-order valence-electron chi connectivity index (χ4n) is 2.81. The van der Waals surface area contributed by atoms with Crippen molar-refractivity contribution in [3.63, 3.8) is 0 Å². The zero-order valence-electron chi connectivity index (χ0n) is 12.4. The number of amides is 1. The molecule has 1 aliphatic rings. The van der Waals surface area contributed by atoms with Crippen molar-refractivity contribution in [2.24, 2.45) is 5.41 Å². The van der Waals surface area contributed by atoms with E-state index < -0.39 is 11.4 Å². The van der Waals surface area contributed by atoms with Crippen molar-refractivity contribution in [3.8, 4) is 0 Å². The second-order valence-corrected chi connectivity index (χ2v) is 5.77. The number of benzene rings is 1. The molecule has 0 saturated heterocycles. The Morgan fingerprint density at radius 1 is 1.38 bits per heavy atom. The molecule has 5 nitrogen and oxygen atoms in total. The Bertz CT molecular complexity index is 526. The summed E-state index contributed by atoms with van der Waals surface area (Å²) in [5.74, 6) is -1.07. The van der Waals surface area contributed by atoms with Crippen molar-refractivity contribution < 1.29 is 19.4 Å². The van der Waals surface area contributed by atoms with E-state index in [4.69, 9.17) is 4.74 Å². The van der Waals surface area contributed by atoms with Crippen LogP contribution in [0.4, 0.5) is 0 Å². The zero-order chi connectivity index (χ0) is 15.5. The highest BCUT2D eigenvalue weighted by Gasteiger charge is 2.45. The van der Waals surface area contributed by atoms with E-state index in [1.54, 1.807) is 26.2 Å². The fraction of sp³-hybridized carbons (Fsp3) is 0.500. The summed E-state index contributed by atoms with van der Waals surface area (Å²) in [6.07, 6.45) is 2.12. The lowest BCUT2D eigenvalue weighted by Gasteiger charge is -2.27. The molecule has 1 saturated carbocycles. The summed E-state index contributed by atoms with van der Waals surface area (Å²) in [5.41, 5.74) is 0.658. The molecule has 1 aromatic carbocycles. The number of carbonyl (C=O) groups is 2. The van der Waals surface area contributed by atoms with Crippen LogP contribution in [0, 0.1) is 5.41 Å². The molecule has 1 amide bonds. The van der Waals surface area contributed by atoms with E-state index in [9.17, 15) is 14.7 Å². The van der Waals surface area contributed by atoms with E-state index in [1.807, 2.05) is 12.1 Å². The number of carboxylic acids is 1. The van der Waals surface area contributed by atoms with Crippen LogP contribution in [0.25, 0.3) is 0 Å². The van der Waals surface area contributed by atoms with Crippen LogP contribution < -0.4 is 5.32 Å². The molecule has 2 N–H and O–H groups in total. The maximum absolute atomic E-state index is 12.2. The van der Waals surface area contributed by atoms with E-state index in [2.05, 4.69) is 5.32 Å². The molecular formula is C16H21NO4. The van der Waals surface area contributed by atoms with Crippen molar-refractivity contribution in [3.05, 3.63) is 35.4 Å². The third-order valence-electron chi connectivity index (χ3n) is 4.28. The van der Waals surface area contributed by atoms with Gasteiger partial charge < -0.3 is 15.2 Å². The molecule has 114 valence electrons. The number of hydrogen-bond acceptors (Lipinski definition) is 3. The third kappa shape index (κ3) is 3.24. The summed E-state index contributed by atoms with van der Waals surface area (Å²) in [7, 11) is 1.62. The van der Waals surface area contributed by atoms with Gasteiger partial charge in [-0.3, -0.25) is 9.59 Å². The zero-order valence-corrected chi connectivity index (χ0v) is 12.4. The number of carbonyl (C=O) groups excluding carboxylic acids is 1. The average molecular weight is 291 g/mol. The van der Waals surface area contributed by atoms with Crippen LogP contribution in [0.15, 0.2) is 24.3 Å². The molecule has 2 atom stereocenters. The molecule has 0 spiro atoms. The van der Waals surface area contributed by atoms with E-state index >= 15 is 0 Å². The first-order valence-electron chi connectivity index (χ1n) is 7.09. The molecule has 21 heavy (non-hydrogen) atoms. The predicted octanol–water partition coefficient (Wildman–Crippen LogP) is 2.21. The van der Waals surface area contributed by atoms with Crippen molar-refractivity contribution in [1.29, 1.82) is 0 Å². The number of methoxy groups -OCH3 is 1. The van der Waals surface area contributed by atoms with Crippen molar-refractivity contribution in [2.45, 2.75) is 38.8 Å². The second-order valence-electron chi connectivity index (χ2n) is 5.77. The lowest BCUT2D eigenvalue weighted by Crippen LogP contribution is -2.47. The van der Waals surface area contributed by atoms with Crippen molar-refractivity contribution >= 4 is 11.9 Å². The van der Waals surface area contributed by atoms with Gasteiger partial charge >= 0.3 is 5.97 Å². The van der Waals surface area contributed by atoms with E-state index in [1.165, 1.54) is 0 Å². The third-order valence-corrected chi connectivity index (χ3v) is 4.28. The topological polar surface area (TPSA) is 75.6 Å². The molecule has 0 radical (unpaired) electrons. The highest BCUT2D eigenvalue weighted by atomic mass is 16.5. The van der Waals surface area contributed by atoms with Gasteiger partial charge in [0.25, 0.3) is 5.91 Å². The first-order chi connectivity index (χ1) is 9.97. The van der Waals surface area contributed by atoms with Crippen LogP contribution >= 0.6 is 0 Å². The van der Waals surface area contributed by atoms with Gasteiger partial charge in [-0.2, -0.15) is 0 Å². The number of carboxylic acid groups (broad SMARTS) is 1. The Balaban J connectivity index is 2.05. The van der Waals surface area contributed by atoms with Gasteiger partial charge in [0.2, 0.25) is 0 Å². The second kappa shape index (κ2) is 6.26. The molecule has 1 aliphatic carbocycles. The van der Waals surface area contributed by atoms with Gasteiger partial charge in [0.1, 0.15) is 0 Å². The van der Waals surface area contributed by atoms with E-state index in [0.717, 1.165) is 12.0 Å². The minimum Gasteiger partial charge on any atom is -0.481 e. The molecule has 2 rings (SSSR count). The Labute approximate surface area is 124 Å². The summed E-state index contributed by atoms with van der Waals surface area (Å²) < 4.78 is 5.02. The van der Waals surface area contributed by atoms with Crippen LogP contribution in [0.1, 0.15) is 42.1 Å². The summed E-state index contributed by atoms with van der Waals surface area (Å²) >= 11 is 0. The Morgan fingerprint density at radius 2 is 2.05 bits per heavy atom. The molecular weight excluding hydrogens is 270 g/mol. The fourth-order valence-corrected chi connectivity index (χ4v) is 2.81. The average Bonchev–Trinajstić information content (AvgIpc) is 2.83. The van der Waals surface area contributed by atoms with Crippen LogP contribution in [0.3, 0.4) is 0 Å². The molecule has 2 unspecified atom stereocenters. The van der Waals surface area contributed by atoms with Crippen LogP contribution in [0.2, 0.25) is 0 Å². The van der Waals surface area contributed by atoms with Gasteiger partial charge in [-0.25, -0.2) is 0 Å². The largest absolute Gasteiger partial charge is 0.481 e.